The third-order valence-electron chi connectivity index (χ3n) is 11.5. The summed E-state index contributed by atoms with van der Waals surface area (Å²) in [5.41, 5.74) is -2.23. The van der Waals surface area contributed by atoms with Crippen molar-refractivity contribution in [1.29, 1.82) is 0 Å². The molecular weight excluding hydrogens is 573 g/mol. The minimum Gasteiger partial charge on any atom is -0.390 e. The Bertz CT molecular complexity index is 1200. The molecule has 2 fully saturated rings. The zero-order valence-electron chi connectivity index (χ0n) is 26.5. The number of benzene rings is 1. The molecule has 0 amide bonds. The van der Waals surface area contributed by atoms with Crippen LogP contribution in [0.15, 0.2) is 46.9 Å². The zero-order chi connectivity index (χ0) is 31.6. The van der Waals surface area contributed by atoms with Gasteiger partial charge in [0, 0.05) is 6.42 Å². The SMILES string of the molecule is CCCC[C@H]1[C@H]([C@@H]2CC[C@H]([C@H](C)CC(CC(C)(O)C(F)(F)F)S(=O)(=O)c3ccccc3)C2)CC=C2C[C@](O)(CC)CC[C@@H]21. The number of alkyl halides is 3. The zero-order valence-corrected chi connectivity index (χ0v) is 27.3. The monoisotopic (exact) mass is 626 g/mol. The van der Waals surface area contributed by atoms with Gasteiger partial charge in [-0.15, -0.1) is 0 Å². The van der Waals surface area contributed by atoms with Gasteiger partial charge in [0.05, 0.1) is 15.7 Å². The molecule has 2 saturated carbocycles. The second-order valence-corrected chi connectivity index (χ2v) is 16.6. The Hall–Kier alpha value is -1.38. The van der Waals surface area contributed by atoms with Crippen LogP contribution in [0.25, 0.3) is 0 Å². The number of hydrogen-bond donors (Lipinski definition) is 2. The first kappa shape index (κ1) is 34.5. The molecule has 0 bridgehead atoms. The second-order valence-electron chi connectivity index (χ2n) is 14.4. The fraction of sp³-hybridized carbons (Fsp3) is 0.771. The van der Waals surface area contributed by atoms with Gasteiger partial charge in [-0.05, 0) is 119 Å². The molecule has 0 heterocycles. The summed E-state index contributed by atoms with van der Waals surface area (Å²) in [7, 11) is -4.09. The molecule has 0 aliphatic heterocycles. The van der Waals surface area contributed by atoms with E-state index in [1.165, 1.54) is 30.5 Å². The molecule has 2 N–H and O–H groups in total. The highest BCUT2D eigenvalue weighted by Gasteiger charge is 2.53. The first-order valence-corrected chi connectivity index (χ1v) is 18.2. The van der Waals surface area contributed by atoms with Crippen molar-refractivity contribution in [2.45, 2.75) is 139 Å². The number of sulfone groups is 1. The van der Waals surface area contributed by atoms with Crippen LogP contribution in [-0.4, -0.2) is 41.3 Å². The van der Waals surface area contributed by atoms with Crippen molar-refractivity contribution in [2.24, 2.45) is 35.5 Å². The number of rotatable bonds is 12. The van der Waals surface area contributed by atoms with Crippen molar-refractivity contribution in [1.82, 2.24) is 0 Å². The molecule has 9 atom stereocenters. The van der Waals surface area contributed by atoms with Gasteiger partial charge >= 0.3 is 6.18 Å². The van der Waals surface area contributed by atoms with Gasteiger partial charge in [-0.25, -0.2) is 8.42 Å². The van der Waals surface area contributed by atoms with Crippen LogP contribution in [0.4, 0.5) is 13.2 Å². The first-order valence-electron chi connectivity index (χ1n) is 16.6. The van der Waals surface area contributed by atoms with E-state index < -0.39 is 38.9 Å². The van der Waals surface area contributed by atoms with Crippen LogP contribution in [0.3, 0.4) is 0 Å². The van der Waals surface area contributed by atoms with Gasteiger partial charge in [0.1, 0.15) is 0 Å². The molecule has 0 saturated heterocycles. The standard InChI is InChI=1S/C35H53F3O4S/c1-5-7-13-32-30(17-16-27-22-34(40,6-2)19-18-31(27)32)26-15-14-25(21-26)24(3)20-29(23-33(4,39)35(36,37)38)43(41,42)28-11-9-8-10-12-28/h8-12,16,24-26,29-32,39-40H,5-7,13-15,17-23H2,1-4H3/t24-,25+,26-,29?,30+,31+,32+,33?,34+/m1/s1. The highest BCUT2D eigenvalue weighted by atomic mass is 32.2. The summed E-state index contributed by atoms with van der Waals surface area (Å²) in [6.07, 6.45) is 7.68. The fourth-order valence-electron chi connectivity index (χ4n) is 8.63. The summed E-state index contributed by atoms with van der Waals surface area (Å²) in [5, 5.41) is 20.0. The van der Waals surface area contributed by atoms with Crippen molar-refractivity contribution >= 4 is 9.84 Å². The van der Waals surface area contributed by atoms with Gasteiger partial charge in [-0.3, -0.25) is 0 Å². The molecule has 3 aliphatic carbocycles. The van der Waals surface area contributed by atoms with Crippen LogP contribution in [0, 0.1) is 35.5 Å². The maximum absolute atomic E-state index is 13.7. The molecule has 4 nitrogen and oxygen atoms in total. The van der Waals surface area contributed by atoms with E-state index in [0.717, 1.165) is 57.8 Å². The summed E-state index contributed by atoms with van der Waals surface area (Å²) < 4.78 is 68.4. The van der Waals surface area contributed by atoms with Crippen molar-refractivity contribution < 1.29 is 31.8 Å². The Balaban J connectivity index is 1.50. The van der Waals surface area contributed by atoms with Crippen LogP contribution in [-0.2, 0) is 9.84 Å². The normalized spacial score (nSPS) is 32.9. The Morgan fingerprint density at radius 2 is 1.79 bits per heavy atom. The van der Waals surface area contributed by atoms with Crippen molar-refractivity contribution in [3.63, 3.8) is 0 Å². The summed E-state index contributed by atoms with van der Waals surface area (Å²) in [4.78, 5) is 0.000453. The van der Waals surface area contributed by atoms with Gasteiger partial charge in [-0.2, -0.15) is 13.2 Å². The minimum atomic E-state index is -4.92. The van der Waals surface area contributed by atoms with Gasteiger partial charge in [0.25, 0.3) is 0 Å². The molecule has 244 valence electrons. The third kappa shape index (κ3) is 7.71. The predicted octanol–water partition coefficient (Wildman–Crippen LogP) is 8.67. The Kier molecular flexibility index (Phi) is 10.9. The van der Waals surface area contributed by atoms with E-state index in [4.69, 9.17) is 0 Å². The van der Waals surface area contributed by atoms with Gasteiger partial charge < -0.3 is 10.2 Å². The number of allylic oxidation sites excluding steroid dienone is 1. The first-order chi connectivity index (χ1) is 20.1. The molecule has 0 radical (unpaired) electrons. The number of halogens is 3. The third-order valence-corrected chi connectivity index (χ3v) is 13.7. The van der Waals surface area contributed by atoms with Gasteiger partial charge in [-0.1, -0.05) is 63.5 Å². The van der Waals surface area contributed by atoms with E-state index in [9.17, 15) is 31.8 Å². The average Bonchev–Trinajstić information content (AvgIpc) is 3.45. The number of unbranched alkanes of at least 4 members (excludes halogenated alkanes) is 1. The molecule has 4 rings (SSSR count). The van der Waals surface area contributed by atoms with E-state index in [-0.39, 0.29) is 23.2 Å². The average molecular weight is 627 g/mol. The van der Waals surface area contributed by atoms with Crippen LogP contribution >= 0.6 is 0 Å². The van der Waals surface area contributed by atoms with Crippen molar-refractivity contribution in [3.8, 4) is 0 Å². The number of hydrogen-bond acceptors (Lipinski definition) is 4. The summed E-state index contributed by atoms with van der Waals surface area (Å²) in [6.45, 7) is 6.98. The topological polar surface area (TPSA) is 74.6 Å². The highest BCUT2D eigenvalue weighted by molar-refractivity contribution is 7.92. The number of fused-ring (bicyclic) bond motifs is 1. The Labute approximate surface area is 257 Å². The maximum Gasteiger partial charge on any atom is 0.416 e. The van der Waals surface area contributed by atoms with E-state index in [1.54, 1.807) is 18.2 Å². The lowest BCUT2D eigenvalue weighted by molar-refractivity contribution is -0.255. The van der Waals surface area contributed by atoms with E-state index >= 15 is 0 Å². The van der Waals surface area contributed by atoms with E-state index in [1.807, 2.05) is 6.92 Å². The lowest BCUT2D eigenvalue weighted by atomic mass is 9.59. The molecule has 8 heteroatoms. The van der Waals surface area contributed by atoms with Crippen LogP contribution in [0.1, 0.15) is 111 Å². The van der Waals surface area contributed by atoms with Crippen LogP contribution in [0.2, 0.25) is 0 Å². The molecular formula is C35H53F3O4S. The fourth-order valence-corrected chi connectivity index (χ4v) is 10.7. The lowest BCUT2D eigenvalue weighted by Crippen LogP contribution is -2.46. The molecule has 0 aromatic heterocycles. The van der Waals surface area contributed by atoms with Crippen molar-refractivity contribution in [2.75, 3.05) is 0 Å². The molecule has 1 aromatic rings. The van der Waals surface area contributed by atoms with Crippen molar-refractivity contribution in [3.05, 3.63) is 42.0 Å². The van der Waals surface area contributed by atoms with Gasteiger partial charge in [0.2, 0.25) is 0 Å². The molecule has 43 heavy (non-hydrogen) atoms. The molecule has 2 unspecified atom stereocenters. The van der Waals surface area contributed by atoms with E-state index in [2.05, 4.69) is 19.9 Å². The lowest BCUT2D eigenvalue weighted by Gasteiger charge is -2.47. The number of aliphatic hydroxyl groups is 2. The maximum atomic E-state index is 13.7. The Morgan fingerprint density at radius 3 is 2.42 bits per heavy atom. The quantitative estimate of drug-likeness (QED) is 0.228. The van der Waals surface area contributed by atoms with E-state index in [0.29, 0.717) is 30.6 Å². The predicted molar refractivity (Wildman–Crippen MR) is 165 cm³/mol. The highest BCUT2D eigenvalue weighted by Crippen LogP contribution is 2.54. The molecule has 3 aliphatic rings. The summed E-state index contributed by atoms with van der Waals surface area (Å²) in [6, 6.07) is 7.68. The molecule has 1 aromatic carbocycles. The summed E-state index contributed by atoms with van der Waals surface area (Å²) in [5.74, 6) is 2.34. The van der Waals surface area contributed by atoms with Crippen LogP contribution in [0.5, 0.6) is 0 Å². The smallest absolute Gasteiger partial charge is 0.390 e. The largest absolute Gasteiger partial charge is 0.416 e. The molecule has 0 spiro atoms. The summed E-state index contributed by atoms with van der Waals surface area (Å²) >= 11 is 0. The Morgan fingerprint density at radius 1 is 1.09 bits per heavy atom. The minimum absolute atomic E-state index is 0.000453. The van der Waals surface area contributed by atoms with Gasteiger partial charge in [0.15, 0.2) is 15.4 Å². The van der Waals surface area contributed by atoms with Crippen LogP contribution < -0.4 is 0 Å². The second kappa shape index (κ2) is 13.5.